The third-order valence-electron chi connectivity index (χ3n) is 6.92. The van der Waals surface area contributed by atoms with Gasteiger partial charge in [0, 0.05) is 29.3 Å². The van der Waals surface area contributed by atoms with Crippen LogP contribution in [-0.2, 0) is 14.3 Å². The number of dihydropyridines is 1. The van der Waals surface area contributed by atoms with E-state index in [1.54, 1.807) is 27.4 Å². The second-order valence-corrected chi connectivity index (χ2v) is 9.90. The van der Waals surface area contributed by atoms with Gasteiger partial charge in [0.25, 0.3) is 0 Å². The molecule has 2 aromatic carbocycles. The number of rotatable bonds is 8. The molecule has 7 nitrogen and oxygen atoms in total. The smallest absolute Gasteiger partial charge is 0.336 e. The first-order chi connectivity index (χ1) is 17.8. The molecule has 1 heterocycles. The van der Waals surface area contributed by atoms with Crippen molar-refractivity contribution in [3.8, 4) is 17.2 Å². The van der Waals surface area contributed by atoms with Gasteiger partial charge in [0.2, 0.25) is 0 Å². The predicted molar refractivity (Wildman–Crippen MR) is 141 cm³/mol. The van der Waals surface area contributed by atoms with E-state index < -0.39 is 11.9 Å². The first-order valence-electron chi connectivity index (χ1n) is 12.5. The second-order valence-electron chi connectivity index (χ2n) is 9.90. The van der Waals surface area contributed by atoms with Crippen LogP contribution in [0, 0.1) is 5.92 Å². The first kappa shape index (κ1) is 26.3. The predicted octanol–water partition coefficient (Wildman–Crippen LogP) is 5.27. The highest BCUT2D eigenvalue weighted by molar-refractivity contribution is 6.04. The van der Waals surface area contributed by atoms with Crippen molar-refractivity contribution in [1.29, 1.82) is 0 Å². The Morgan fingerprint density at radius 1 is 0.946 bits per heavy atom. The Hall–Kier alpha value is -3.74. The van der Waals surface area contributed by atoms with Crippen molar-refractivity contribution < 1.29 is 28.5 Å². The van der Waals surface area contributed by atoms with Crippen LogP contribution < -0.4 is 19.5 Å². The normalized spacial score (nSPS) is 19.4. The maximum Gasteiger partial charge on any atom is 0.336 e. The Balaban J connectivity index is 1.78. The van der Waals surface area contributed by atoms with Crippen LogP contribution in [0.5, 0.6) is 17.2 Å². The zero-order valence-corrected chi connectivity index (χ0v) is 22.3. The zero-order chi connectivity index (χ0) is 26.7. The molecule has 7 heteroatoms. The molecule has 2 atom stereocenters. The fourth-order valence-corrected chi connectivity index (χ4v) is 5.11. The van der Waals surface area contributed by atoms with E-state index in [2.05, 4.69) is 5.32 Å². The Labute approximate surface area is 218 Å². The topological polar surface area (TPSA) is 83.1 Å². The molecular weight excluding hydrogens is 470 g/mol. The Morgan fingerprint density at radius 2 is 1.62 bits per heavy atom. The van der Waals surface area contributed by atoms with Crippen molar-refractivity contribution in [3.63, 3.8) is 0 Å². The van der Waals surface area contributed by atoms with Gasteiger partial charge in [0.1, 0.15) is 5.75 Å². The van der Waals surface area contributed by atoms with Crippen molar-refractivity contribution in [2.75, 3.05) is 27.9 Å². The van der Waals surface area contributed by atoms with E-state index in [1.807, 2.05) is 57.2 Å². The van der Waals surface area contributed by atoms with Crippen LogP contribution in [0.1, 0.15) is 56.6 Å². The fraction of sp³-hybridized carbons (Fsp3) is 0.400. The second kappa shape index (κ2) is 11.1. The number of ether oxygens (including phenoxy) is 4. The van der Waals surface area contributed by atoms with Crippen molar-refractivity contribution in [3.05, 3.63) is 76.1 Å². The minimum absolute atomic E-state index is 0.0102. The molecule has 0 saturated carbocycles. The van der Waals surface area contributed by atoms with Gasteiger partial charge in [-0.2, -0.15) is 0 Å². The highest BCUT2D eigenvalue weighted by atomic mass is 16.5. The standard InChI is InChI=1S/C30H35NO6/c1-17(2)16-37-30(33)27-18(3)31-23-13-21(19-7-10-22(34-4)11-8-19)14-24(32)29(23)28(27)20-9-12-25(35-5)26(15-20)36-6/h7-12,15,17,21,28,31H,13-14,16H2,1-6H3/t21-,28-/m0/s1. The number of carbonyl (C=O) groups excluding carboxylic acids is 2. The van der Waals surface area contributed by atoms with Gasteiger partial charge in [-0.3, -0.25) is 4.79 Å². The maximum absolute atomic E-state index is 13.8. The number of hydrogen-bond acceptors (Lipinski definition) is 7. The molecule has 0 radical (unpaired) electrons. The average molecular weight is 506 g/mol. The molecule has 0 saturated heterocycles. The summed E-state index contributed by atoms with van der Waals surface area (Å²) in [4.78, 5) is 27.2. The van der Waals surface area contributed by atoms with Gasteiger partial charge in [-0.15, -0.1) is 0 Å². The summed E-state index contributed by atoms with van der Waals surface area (Å²) < 4.78 is 21.9. The molecule has 196 valence electrons. The minimum Gasteiger partial charge on any atom is -0.497 e. The number of hydrogen-bond donors (Lipinski definition) is 1. The van der Waals surface area contributed by atoms with Gasteiger partial charge in [-0.25, -0.2) is 4.79 Å². The SMILES string of the molecule is COc1ccc([C@@H]2CC(=O)C3=C(C2)NC(C)=C(C(=O)OCC(C)C)[C@@H]3c2ccc(OC)c(OC)c2)cc1. The van der Waals surface area contributed by atoms with Gasteiger partial charge in [-0.05, 0) is 60.6 Å². The molecule has 1 N–H and O–H groups in total. The molecule has 2 aliphatic rings. The number of methoxy groups -OCH3 is 3. The van der Waals surface area contributed by atoms with Crippen molar-refractivity contribution in [1.82, 2.24) is 5.32 Å². The third-order valence-corrected chi connectivity index (χ3v) is 6.92. The molecule has 0 fully saturated rings. The third kappa shape index (κ3) is 5.36. The first-order valence-corrected chi connectivity index (χ1v) is 12.5. The van der Waals surface area contributed by atoms with Gasteiger partial charge >= 0.3 is 5.97 Å². The van der Waals surface area contributed by atoms with E-state index >= 15 is 0 Å². The van der Waals surface area contributed by atoms with Crippen LogP contribution in [0.25, 0.3) is 0 Å². The zero-order valence-electron chi connectivity index (χ0n) is 22.3. The van der Waals surface area contributed by atoms with Crippen LogP contribution in [0.15, 0.2) is 65.0 Å². The number of carbonyl (C=O) groups is 2. The van der Waals surface area contributed by atoms with E-state index in [1.165, 1.54) is 0 Å². The molecule has 0 unspecified atom stereocenters. The van der Waals surface area contributed by atoms with E-state index in [-0.39, 0.29) is 17.6 Å². The lowest BCUT2D eigenvalue weighted by Crippen LogP contribution is -2.36. The number of allylic oxidation sites excluding steroid dienone is 3. The Kier molecular flexibility index (Phi) is 7.91. The monoisotopic (exact) mass is 505 g/mol. The number of benzene rings is 2. The molecule has 4 rings (SSSR count). The van der Waals surface area contributed by atoms with E-state index in [9.17, 15) is 9.59 Å². The summed E-state index contributed by atoms with van der Waals surface area (Å²) in [5, 5.41) is 3.40. The lowest BCUT2D eigenvalue weighted by molar-refractivity contribution is -0.140. The number of ketones is 1. The van der Waals surface area contributed by atoms with Crippen LogP contribution in [0.4, 0.5) is 0 Å². The van der Waals surface area contributed by atoms with Crippen LogP contribution in [0.3, 0.4) is 0 Å². The molecule has 2 aromatic rings. The summed E-state index contributed by atoms with van der Waals surface area (Å²) >= 11 is 0. The van der Waals surface area contributed by atoms with Crippen molar-refractivity contribution >= 4 is 11.8 Å². The molecule has 1 aliphatic heterocycles. The lowest BCUT2D eigenvalue weighted by atomic mass is 9.71. The van der Waals surface area contributed by atoms with Gasteiger partial charge in [0.15, 0.2) is 17.3 Å². The molecule has 0 aromatic heterocycles. The lowest BCUT2D eigenvalue weighted by Gasteiger charge is -2.37. The van der Waals surface area contributed by atoms with Crippen LogP contribution in [0.2, 0.25) is 0 Å². The van der Waals surface area contributed by atoms with Crippen molar-refractivity contribution in [2.24, 2.45) is 5.92 Å². The average Bonchev–Trinajstić information content (AvgIpc) is 2.90. The Morgan fingerprint density at radius 3 is 2.24 bits per heavy atom. The summed E-state index contributed by atoms with van der Waals surface area (Å²) in [7, 11) is 4.78. The summed E-state index contributed by atoms with van der Waals surface area (Å²) in [6.45, 7) is 6.15. The fourth-order valence-electron chi connectivity index (χ4n) is 5.11. The van der Waals surface area contributed by atoms with Crippen LogP contribution >= 0.6 is 0 Å². The largest absolute Gasteiger partial charge is 0.497 e. The Bertz CT molecular complexity index is 1240. The molecule has 37 heavy (non-hydrogen) atoms. The van der Waals surface area contributed by atoms with Gasteiger partial charge in [-0.1, -0.05) is 32.0 Å². The minimum atomic E-state index is -0.569. The van der Waals surface area contributed by atoms with E-state index in [0.29, 0.717) is 47.8 Å². The number of esters is 1. The number of Topliss-reactive ketones (excluding diaryl/α,β-unsaturated/α-hetero) is 1. The summed E-state index contributed by atoms with van der Waals surface area (Å²) in [6.07, 6.45) is 1.01. The summed E-state index contributed by atoms with van der Waals surface area (Å²) in [5.41, 5.74) is 4.44. The van der Waals surface area contributed by atoms with E-state index in [4.69, 9.17) is 18.9 Å². The highest BCUT2D eigenvalue weighted by Crippen LogP contribution is 2.47. The van der Waals surface area contributed by atoms with Gasteiger partial charge < -0.3 is 24.3 Å². The summed E-state index contributed by atoms with van der Waals surface area (Å²) in [6, 6.07) is 13.4. The summed E-state index contributed by atoms with van der Waals surface area (Å²) in [5.74, 6) is 1.13. The van der Waals surface area contributed by atoms with Crippen LogP contribution in [-0.4, -0.2) is 39.7 Å². The van der Waals surface area contributed by atoms with Crippen molar-refractivity contribution in [2.45, 2.75) is 45.4 Å². The quantitative estimate of drug-likeness (QED) is 0.489. The maximum atomic E-state index is 13.8. The number of nitrogens with one attached hydrogen (secondary N) is 1. The molecule has 0 amide bonds. The molecule has 0 bridgehead atoms. The van der Waals surface area contributed by atoms with Gasteiger partial charge in [0.05, 0.1) is 33.5 Å². The highest BCUT2D eigenvalue weighted by Gasteiger charge is 2.41. The molecule has 1 aliphatic carbocycles. The van der Waals surface area contributed by atoms with E-state index in [0.717, 1.165) is 22.6 Å². The molecule has 0 spiro atoms. The molecular formula is C30H35NO6.